The lowest BCUT2D eigenvalue weighted by atomic mass is 10.3. The minimum absolute atomic E-state index is 0.114. The Kier molecular flexibility index (Phi) is 4.04. The Morgan fingerprint density at radius 2 is 2.24 bits per heavy atom. The van der Waals surface area contributed by atoms with Gasteiger partial charge in [-0.3, -0.25) is 0 Å². The van der Waals surface area contributed by atoms with Crippen LogP contribution in [0, 0.1) is 0 Å². The van der Waals surface area contributed by atoms with Crippen molar-refractivity contribution in [3.8, 4) is 0 Å². The molecule has 0 aliphatic carbocycles. The fraction of sp³-hybridized carbons (Fsp3) is 0.143. The van der Waals surface area contributed by atoms with Gasteiger partial charge in [-0.1, -0.05) is 0 Å². The molecule has 17 heavy (non-hydrogen) atoms. The minimum atomic E-state index is -4.03. The summed E-state index contributed by atoms with van der Waals surface area (Å²) in [6.07, 6.45) is -1.15. The van der Waals surface area contributed by atoms with Crippen LogP contribution in [0.2, 0.25) is 0 Å². The van der Waals surface area contributed by atoms with Crippen LogP contribution in [0.3, 0.4) is 0 Å². The second kappa shape index (κ2) is 5.12. The number of hydrogen-bond donors (Lipinski definition) is 4. The number of carbonyl (C=O) groups is 1. The molecule has 1 aromatic heterocycles. The van der Waals surface area contributed by atoms with Gasteiger partial charge in [-0.2, -0.15) is 8.42 Å². The third-order valence-electron chi connectivity index (χ3n) is 1.59. The van der Waals surface area contributed by atoms with Gasteiger partial charge >= 0.3 is 16.3 Å². The van der Waals surface area contributed by atoms with E-state index in [0.29, 0.717) is 10.4 Å². The van der Waals surface area contributed by atoms with Gasteiger partial charge in [0.1, 0.15) is 5.84 Å². The first-order valence-electron chi connectivity index (χ1n) is 4.20. The number of hydrogen-bond acceptors (Lipinski definition) is 4. The molecule has 1 aromatic rings. The predicted molar refractivity (Wildman–Crippen MR) is 63.0 cm³/mol. The summed E-state index contributed by atoms with van der Waals surface area (Å²) in [7, 11) is -4.03. The van der Waals surface area contributed by atoms with E-state index in [1.165, 1.54) is 17.4 Å². The molecule has 94 valence electrons. The number of nitrogens with one attached hydrogen (secondary N) is 1. The van der Waals surface area contributed by atoms with Crippen LogP contribution in [0.5, 0.6) is 0 Å². The van der Waals surface area contributed by atoms with Crippen molar-refractivity contribution >= 4 is 33.5 Å². The summed E-state index contributed by atoms with van der Waals surface area (Å²) in [6, 6.07) is 1.53. The van der Waals surface area contributed by atoms with Crippen molar-refractivity contribution in [3.05, 3.63) is 21.9 Å². The maximum atomic E-state index is 10.7. The lowest BCUT2D eigenvalue weighted by Gasteiger charge is -1.96. The third-order valence-corrected chi connectivity index (χ3v) is 2.98. The number of amidine groups is 1. The van der Waals surface area contributed by atoms with E-state index in [2.05, 4.69) is 9.71 Å². The molecule has 0 unspecified atom stereocenters. The number of carboxylic acid groups (broad SMARTS) is 1. The van der Waals surface area contributed by atoms with Crippen LogP contribution < -0.4 is 16.2 Å². The Labute approximate surface area is 101 Å². The van der Waals surface area contributed by atoms with Crippen molar-refractivity contribution in [2.75, 3.05) is 0 Å². The molecule has 0 saturated carbocycles. The van der Waals surface area contributed by atoms with Gasteiger partial charge in [-0.05, 0) is 6.07 Å². The Bertz CT molecular complexity index is 548. The van der Waals surface area contributed by atoms with Gasteiger partial charge < -0.3 is 16.2 Å². The van der Waals surface area contributed by atoms with Crippen LogP contribution in [-0.4, -0.2) is 25.5 Å². The highest BCUT2D eigenvalue weighted by molar-refractivity contribution is 7.88. The van der Waals surface area contributed by atoms with E-state index < -0.39 is 16.3 Å². The first-order chi connectivity index (χ1) is 7.78. The van der Waals surface area contributed by atoms with Gasteiger partial charge in [-0.15, -0.1) is 15.7 Å². The minimum Gasteiger partial charge on any atom is -0.465 e. The van der Waals surface area contributed by atoms with Crippen LogP contribution >= 0.6 is 11.3 Å². The van der Waals surface area contributed by atoms with E-state index in [4.69, 9.17) is 16.0 Å². The van der Waals surface area contributed by atoms with Gasteiger partial charge in [0.2, 0.25) is 0 Å². The summed E-state index contributed by atoms with van der Waals surface area (Å²) < 4.78 is 24.4. The molecule has 0 radical (unpaired) electrons. The van der Waals surface area contributed by atoms with Crippen LogP contribution in [0.15, 0.2) is 15.8 Å². The van der Waals surface area contributed by atoms with Crippen LogP contribution in [0.4, 0.5) is 4.79 Å². The smallest absolute Gasteiger partial charge is 0.404 e. The van der Waals surface area contributed by atoms with E-state index in [1.54, 1.807) is 5.38 Å². The SMILES string of the molecule is NC(=NS(N)(=O)=O)c1csc(CNC(=O)O)c1. The number of nitrogens with two attached hydrogens (primary N) is 2. The molecule has 0 fully saturated rings. The molecule has 1 rings (SSSR count). The van der Waals surface area contributed by atoms with E-state index in [-0.39, 0.29) is 12.4 Å². The summed E-state index contributed by atoms with van der Waals surface area (Å²) in [4.78, 5) is 10.9. The van der Waals surface area contributed by atoms with E-state index in [1.807, 2.05) is 0 Å². The Hall–Kier alpha value is -1.65. The Balaban J connectivity index is 2.81. The highest BCUT2D eigenvalue weighted by atomic mass is 32.2. The predicted octanol–water partition coefficient (Wildman–Crippen LogP) is -0.575. The average molecular weight is 278 g/mol. The Morgan fingerprint density at radius 3 is 2.76 bits per heavy atom. The number of amides is 1. The Morgan fingerprint density at radius 1 is 1.59 bits per heavy atom. The van der Waals surface area contributed by atoms with Crippen LogP contribution in [-0.2, 0) is 16.8 Å². The summed E-state index contributed by atoms with van der Waals surface area (Å²) in [5.74, 6) is -0.231. The molecule has 0 bridgehead atoms. The van der Waals surface area contributed by atoms with Crippen molar-refractivity contribution in [1.82, 2.24) is 5.32 Å². The summed E-state index contributed by atoms with van der Waals surface area (Å²) in [5.41, 5.74) is 5.79. The van der Waals surface area contributed by atoms with Crippen LogP contribution in [0.1, 0.15) is 10.4 Å². The summed E-state index contributed by atoms with van der Waals surface area (Å²) in [6.45, 7) is 0.114. The maximum Gasteiger partial charge on any atom is 0.404 e. The molecule has 8 nitrogen and oxygen atoms in total. The second-order valence-corrected chi connectivity index (χ2v) is 5.16. The molecular formula is C7H10N4O4S2. The topological polar surface area (TPSA) is 148 Å². The van der Waals surface area contributed by atoms with Gasteiger partial charge in [0.15, 0.2) is 0 Å². The zero-order chi connectivity index (χ0) is 13.1. The van der Waals surface area contributed by atoms with Gasteiger partial charge in [-0.25, -0.2) is 9.93 Å². The average Bonchev–Trinajstić information content (AvgIpc) is 2.60. The number of rotatable bonds is 4. The van der Waals surface area contributed by atoms with Crippen molar-refractivity contribution in [3.63, 3.8) is 0 Å². The lowest BCUT2D eigenvalue weighted by molar-refractivity contribution is 0.194. The van der Waals surface area contributed by atoms with Crippen molar-refractivity contribution < 1.29 is 18.3 Å². The monoisotopic (exact) mass is 278 g/mol. The molecule has 0 saturated heterocycles. The third kappa shape index (κ3) is 4.80. The largest absolute Gasteiger partial charge is 0.465 e. The normalized spacial score (nSPS) is 12.4. The van der Waals surface area contributed by atoms with Gasteiger partial charge in [0, 0.05) is 15.8 Å². The fourth-order valence-electron chi connectivity index (χ4n) is 0.960. The molecule has 0 aromatic carbocycles. The molecular weight excluding hydrogens is 268 g/mol. The fourth-order valence-corrected chi connectivity index (χ4v) is 2.16. The maximum absolute atomic E-state index is 10.7. The molecule has 6 N–H and O–H groups in total. The number of thiophene rings is 1. The van der Waals surface area contributed by atoms with Gasteiger partial charge in [0.05, 0.1) is 6.54 Å². The first kappa shape index (κ1) is 13.4. The summed E-state index contributed by atoms with van der Waals surface area (Å²) in [5, 5.41) is 16.8. The second-order valence-electron chi connectivity index (χ2n) is 2.95. The van der Waals surface area contributed by atoms with Crippen molar-refractivity contribution in [1.29, 1.82) is 0 Å². The van der Waals surface area contributed by atoms with E-state index in [9.17, 15) is 13.2 Å². The molecule has 10 heteroatoms. The molecule has 0 aliphatic heterocycles. The zero-order valence-electron chi connectivity index (χ0n) is 8.45. The van der Waals surface area contributed by atoms with Crippen molar-refractivity contribution in [2.24, 2.45) is 15.3 Å². The zero-order valence-corrected chi connectivity index (χ0v) is 10.1. The van der Waals surface area contributed by atoms with Crippen LogP contribution in [0.25, 0.3) is 0 Å². The van der Waals surface area contributed by atoms with E-state index in [0.717, 1.165) is 0 Å². The molecule has 0 atom stereocenters. The molecule has 1 heterocycles. The highest BCUT2D eigenvalue weighted by Crippen LogP contribution is 2.14. The lowest BCUT2D eigenvalue weighted by Crippen LogP contribution is -2.20. The highest BCUT2D eigenvalue weighted by Gasteiger charge is 2.07. The van der Waals surface area contributed by atoms with E-state index >= 15 is 0 Å². The van der Waals surface area contributed by atoms with Gasteiger partial charge in [0.25, 0.3) is 0 Å². The standard InChI is InChI=1S/C7H10N4O4S2/c8-6(11-17(9,14)15)4-1-5(16-3-4)2-10-7(12)13/h1,3,10H,2H2,(H2,8,11)(H,12,13)(H2,9,14,15). The van der Waals surface area contributed by atoms with Crippen molar-refractivity contribution in [2.45, 2.75) is 6.54 Å². The molecule has 1 amide bonds. The molecule has 0 spiro atoms. The quantitative estimate of drug-likeness (QED) is 0.429. The number of nitrogens with zero attached hydrogens (tertiary/aromatic N) is 1. The molecule has 0 aliphatic rings. The summed E-state index contributed by atoms with van der Waals surface area (Å²) >= 11 is 1.22. The first-order valence-corrected chi connectivity index (χ1v) is 6.59.